The number of aromatic amines is 1. The molecule has 2 N–H and O–H groups in total. The van der Waals surface area contributed by atoms with Crippen LogP contribution in [0.25, 0.3) is 22.5 Å². The fraction of sp³-hybridized carbons (Fsp3) is 0.333. The lowest BCUT2D eigenvalue weighted by Crippen LogP contribution is -2.04. The molecule has 0 aliphatic carbocycles. The van der Waals surface area contributed by atoms with Gasteiger partial charge in [-0.05, 0) is 41.7 Å². The first-order valence-electron chi connectivity index (χ1n) is 10.9. The van der Waals surface area contributed by atoms with E-state index in [0.717, 1.165) is 59.4 Å². The summed E-state index contributed by atoms with van der Waals surface area (Å²) >= 11 is 0. The van der Waals surface area contributed by atoms with Crippen LogP contribution in [0.1, 0.15) is 49.2 Å². The standard InChI is InChI=1S/C24H28N6O/c1-3-5-14-22-21(23(16-31)30(4-2)27-22)15-17-10-6-7-11-18(17)19-12-8-9-13-20(19)24-25-28-29-26-24/h6-13,31H,3-5,14-16H2,1-2H3,(H,25,26,28,29). The molecule has 4 rings (SSSR count). The van der Waals surface area contributed by atoms with Crippen molar-refractivity contribution in [1.29, 1.82) is 0 Å². The van der Waals surface area contributed by atoms with E-state index in [4.69, 9.17) is 5.10 Å². The van der Waals surface area contributed by atoms with Crippen molar-refractivity contribution in [3.8, 4) is 22.5 Å². The Kier molecular flexibility index (Phi) is 6.52. The summed E-state index contributed by atoms with van der Waals surface area (Å²) in [7, 11) is 0. The van der Waals surface area contributed by atoms with Crippen molar-refractivity contribution >= 4 is 0 Å². The zero-order valence-electron chi connectivity index (χ0n) is 18.0. The van der Waals surface area contributed by atoms with Crippen LogP contribution in [0.5, 0.6) is 0 Å². The molecule has 0 radical (unpaired) electrons. The third-order valence-corrected chi connectivity index (χ3v) is 5.65. The van der Waals surface area contributed by atoms with Gasteiger partial charge in [0.15, 0.2) is 0 Å². The molecule has 0 atom stereocenters. The molecule has 31 heavy (non-hydrogen) atoms. The maximum atomic E-state index is 10.1. The summed E-state index contributed by atoms with van der Waals surface area (Å²) in [6.45, 7) is 4.99. The van der Waals surface area contributed by atoms with Crippen LogP contribution in [0, 0.1) is 0 Å². The van der Waals surface area contributed by atoms with Crippen LogP contribution in [0.15, 0.2) is 48.5 Å². The van der Waals surface area contributed by atoms with Crippen molar-refractivity contribution in [3.63, 3.8) is 0 Å². The predicted molar refractivity (Wildman–Crippen MR) is 120 cm³/mol. The molecule has 0 amide bonds. The van der Waals surface area contributed by atoms with Gasteiger partial charge in [0.2, 0.25) is 5.82 Å². The van der Waals surface area contributed by atoms with Gasteiger partial charge in [-0.25, -0.2) is 0 Å². The van der Waals surface area contributed by atoms with E-state index in [1.807, 2.05) is 28.9 Å². The quantitative estimate of drug-likeness (QED) is 0.427. The highest BCUT2D eigenvalue weighted by Crippen LogP contribution is 2.34. The molecule has 0 saturated heterocycles. The van der Waals surface area contributed by atoms with Crippen molar-refractivity contribution in [2.45, 2.75) is 52.7 Å². The van der Waals surface area contributed by atoms with Crippen LogP contribution in [0.3, 0.4) is 0 Å². The molecule has 0 bridgehead atoms. The third-order valence-electron chi connectivity index (χ3n) is 5.65. The predicted octanol–water partition coefficient (Wildman–Crippen LogP) is 4.18. The molecule has 0 aliphatic rings. The highest BCUT2D eigenvalue weighted by molar-refractivity contribution is 5.82. The lowest BCUT2D eigenvalue weighted by molar-refractivity contribution is 0.267. The van der Waals surface area contributed by atoms with Crippen LogP contribution in [0.2, 0.25) is 0 Å². The first-order valence-corrected chi connectivity index (χ1v) is 10.9. The molecule has 2 heterocycles. The summed E-state index contributed by atoms with van der Waals surface area (Å²) in [5.74, 6) is 0.573. The Morgan fingerprint density at radius 2 is 1.71 bits per heavy atom. The highest BCUT2D eigenvalue weighted by Gasteiger charge is 2.19. The zero-order valence-corrected chi connectivity index (χ0v) is 18.0. The number of aryl methyl sites for hydroxylation is 2. The van der Waals surface area contributed by atoms with Gasteiger partial charge in [0.05, 0.1) is 18.0 Å². The number of unbranched alkanes of at least 4 members (excludes halogenated alkanes) is 1. The molecular formula is C24H28N6O. The summed E-state index contributed by atoms with van der Waals surface area (Å²) in [5, 5.41) is 29.6. The number of hydrogen-bond acceptors (Lipinski definition) is 5. The van der Waals surface area contributed by atoms with Gasteiger partial charge in [0.25, 0.3) is 0 Å². The Labute approximate surface area is 182 Å². The summed E-state index contributed by atoms with van der Waals surface area (Å²) in [5.41, 5.74) is 7.44. The average Bonchev–Trinajstić information content (AvgIpc) is 3.46. The number of benzene rings is 2. The molecule has 160 valence electrons. The molecule has 0 aliphatic heterocycles. The van der Waals surface area contributed by atoms with Gasteiger partial charge in [-0.15, -0.1) is 10.2 Å². The molecule has 4 aromatic rings. The first kappa shape index (κ1) is 20.9. The lowest BCUT2D eigenvalue weighted by Gasteiger charge is -2.14. The highest BCUT2D eigenvalue weighted by atomic mass is 16.3. The van der Waals surface area contributed by atoms with Crippen LogP contribution < -0.4 is 0 Å². The number of nitrogens with zero attached hydrogens (tertiary/aromatic N) is 5. The summed E-state index contributed by atoms with van der Waals surface area (Å²) in [4.78, 5) is 0. The smallest absolute Gasteiger partial charge is 0.205 e. The van der Waals surface area contributed by atoms with E-state index in [2.05, 4.69) is 58.7 Å². The fourth-order valence-electron chi connectivity index (χ4n) is 4.09. The number of tetrazole rings is 1. The topological polar surface area (TPSA) is 92.5 Å². The molecule has 0 saturated carbocycles. The lowest BCUT2D eigenvalue weighted by atomic mass is 9.91. The van der Waals surface area contributed by atoms with E-state index >= 15 is 0 Å². The van der Waals surface area contributed by atoms with E-state index in [1.165, 1.54) is 5.56 Å². The van der Waals surface area contributed by atoms with E-state index in [0.29, 0.717) is 12.2 Å². The average molecular weight is 417 g/mol. The minimum atomic E-state index is -0.0100. The summed E-state index contributed by atoms with van der Waals surface area (Å²) in [6.07, 6.45) is 3.83. The van der Waals surface area contributed by atoms with E-state index in [9.17, 15) is 5.11 Å². The Morgan fingerprint density at radius 1 is 0.968 bits per heavy atom. The van der Waals surface area contributed by atoms with Gasteiger partial charge in [0.1, 0.15) is 0 Å². The number of aromatic nitrogens is 6. The van der Waals surface area contributed by atoms with Crippen LogP contribution in [0.4, 0.5) is 0 Å². The third kappa shape index (κ3) is 4.27. The number of hydrogen-bond donors (Lipinski definition) is 2. The number of nitrogens with one attached hydrogen (secondary N) is 1. The van der Waals surface area contributed by atoms with Gasteiger partial charge in [-0.1, -0.05) is 61.9 Å². The van der Waals surface area contributed by atoms with E-state index < -0.39 is 0 Å². The summed E-state index contributed by atoms with van der Waals surface area (Å²) < 4.78 is 1.94. The number of aliphatic hydroxyl groups excluding tert-OH is 1. The molecule has 7 nitrogen and oxygen atoms in total. The molecule has 2 aromatic heterocycles. The van der Waals surface area contributed by atoms with Crippen molar-refractivity contribution in [2.75, 3.05) is 0 Å². The Balaban J connectivity index is 1.80. The van der Waals surface area contributed by atoms with Crippen molar-refractivity contribution < 1.29 is 5.11 Å². The van der Waals surface area contributed by atoms with Gasteiger partial charge in [-0.3, -0.25) is 4.68 Å². The molecular weight excluding hydrogens is 388 g/mol. The Hall–Kier alpha value is -3.32. The van der Waals surface area contributed by atoms with Gasteiger partial charge in [0, 0.05) is 24.1 Å². The summed E-state index contributed by atoms with van der Waals surface area (Å²) in [6, 6.07) is 16.5. The SMILES string of the molecule is CCCCc1nn(CC)c(CO)c1Cc1ccccc1-c1ccccc1-c1nn[nH]n1. The first-order chi connectivity index (χ1) is 15.3. The molecule has 0 spiro atoms. The number of rotatable bonds is 9. The minimum Gasteiger partial charge on any atom is -0.390 e. The number of H-pyrrole nitrogens is 1. The van der Waals surface area contributed by atoms with Crippen LogP contribution >= 0.6 is 0 Å². The van der Waals surface area contributed by atoms with Gasteiger partial charge in [-0.2, -0.15) is 10.3 Å². The van der Waals surface area contributed by atoms with Crippen LogP contribution in [-0.4, -0.2) is 35.5 Å². The van der Waals surface area contributed by atoms with E-state index in [-0.39, 0.29) is 6.61 Å². The fourth-order valence-corrected chi connectivity index (χ4v) is 4.09. The Morgan fingerprint density at radius 3 is 2.39 bits per heavy atom. The molecule has 2 aromatic carbocycles. The van der Waals surface area contributed by atoms with Crippen molar-refractivity contribution in [3.05, 3.63) is 71.0 Å². The van der Waals surface area contributed by atoms with Gasteiger partial charge < -0.3 is 5.11 Å². The second-order valence-corrected chi connectivity index (χ2v) is 7.56. The second kappa shape index (κ2) is 9.66. The van der Waals surface area contributed by atoms with Crippen LogP contribution in [-0.2, 0) is 26.0 Å². The normalized spacial score (nSPS) is 11.2. The maximum absolute atomic E-state index is 10.1. The zero-order chi connectivity index (χ0) is 21.6. The second-order valence-electron chi connectivity index (χ2n) is 7.56. The maximum Gasteiger partial charge on any atom is 0.205 e. The monoisotopic (exact) mass is 416 g/mol. The van der Waals surface area contributed by atoms with Gasteiger partial charge >= 0.3 is 0 Å². The molecule has 7 heteroatoms. The largest absolute Gasteiger partial charge is 0.390 e. The van der Waals surface area contributed by atoms with Crippen molar-refractivity contribution in [1.82, 2.24) is 30.4 Å². The molecule has 0 fully saturated rings. The molecule has 0 unspecified atom stereocenters. The van der Waals surface area contributed by atoms with Crippen molar-refractivity contribution in [2.24, 2.45) is 0 Å². The Bertz CT molecular complexity index is 1130. The van der Waals surface area contributed by atoms with E-state index in [1.54, 1.807) is 0 Å². The number of aliphatic hydroxyl groups is 1. The minimum absolute atomic E-state index is 0.0100.